The van der Waals surface area contributed by atoms with E-state index in [1.165, 1.54) is 63.4 Å². The number of likely N-dealkylation sites (tertiary alicyclic amines) is 1. The molecular weight excluding hydrogens is 270 g/mol. The average molecular weight is 303 g/mol. The summed E-state index contributed by atoms with van der Waals surface area (Å²) in [6.45, 7) is 5.33. The number of aliphatic hydroxyl groups is 1. The molecule has 2 rings (SSSR count). The van der Waals surface area contributed by atoms with Crippen molar-refractivity contribution in [1.29, 1.82) is 0 Å². The minimum atomic E-state index is -0.341. The third kappa shape index (κ3) is 6.10. The summed E-state index contributed by atoms with van der Waals surface area (Å²) in [5.74, 6) is 0. The highest BCUT2D eigenvalue weighted by Gasteiger charge is 2.15. The Kier molecular flexibility index (Phi) is 7.96. The second-order valence-corrected chi connectivity index (χ2v) is 6.78. The molecule has 22 heavy (non-hydrogen) atoms. The van der Waals surface area contributed by atoms with Gasteiger partial charge in [0.1, 0.15) is 0 Å². The lowest BCUT2D eigenvalue weighted by Gasteiger charge is -2.23. The smallest absolute Gasteiger partial charge is 0.0916 e. The van der Waals surface area contributed by atoms with Gasteiger partial charge in [0.2, 0.25) is 0 Å². The molecule has 1 atom stereocenters. The van der Waals surface area contributed by atoms with Gasteiger partial charge in [0.05, 0.1) is 6.10 Å². The molecule has 0 radical (unpaired) electrons. The second kappa shape index (κ2) is 10.0. The van der Waals surface area contributed by atoms with Crippen LogP contribution in [0.2, 0.25) is 0 Å². The first-order valence-corrected chi connectivity index (χ1v) is 9.29. The summed E-state index contributed by atoms with van der Waals surface area (Å²) < 4.78 is 0. The zero-order valence-corrected chi connectivity index (χ0v) is 14.3. The molecule has 1 aromatic rings. The first kappa shape index (κ1) is 17.5. The Balaban J connectivity index is 1.78. The zero-order valence-electron chi connectivity index (χ0n) is 14.3. The minimum Gasteiger partial charge on any atom is -0.387 e. The normalized spacial score (nSPS) is 18.1. The molecule has 1 aliphatic rings. The largest absolute Gasteiger partial charge is 0.387 e. The van der Waals surface area contributed by atoms with Crippen LogP contribution in [0.4, 0.5) is 0 Å². The zero-order chi connectivity index (χ0) is 15.6. The first-order chi connectivity index (χ1) is 10.8. The van der Waals surface area contributed by atoms with Gasteiger partial charge in [0.15, 0.2) is 0 Å². The van der Waals surface area contributed by atoms with Crippen molar-refractivity contribution in [3.8, 4) is 0 Å². The number of β-amino-alcohol motifs (C(OH)–C–C–N with tert-alkyl or cyclic N) is 1. The summed E-state index contributed by atoms with van der Waals surface area (Å²) in [6.07, 6.45) is 11.3. The van der Waals surface area contributed by atoms with Crippen LogP contribution in [0.25, 0.3) is 0 Å². The quantitative estimate of drug-likeness (QED) is 0.702. The van der Waals surface area contributed by atoms with Gasteiger partial charge < -0.3 is 10.0 Å². The molecule has 124 valence electrons. The summed E-state index contributed by atoms with van der Waals surface area (Å²) >= 11 is 0. The van der Waals surface area contributed by atoms with Gasteiger partial charge in [-0.1, -0.05) is 63.3 Å². The number of aliphatic hydroxyl groups excluding tert-OH is 1. The van der Waals surface area contributed by atoms with E-state index in [2.05, 4.69) is 36.1 Å². The van der Waals surface area contributed by atoms with Crippen LogP contribution in [-0.2, 0) is 6.42 Å². The molecule has 1 aliphatic heterocycles. The van der Waals surface area contributed by atoms with E-state index in [1.807, 2.05) is 0 Å². The summed E-state index contributed by atoms with van der Waals surface area (Å²) in [7, 11) is 0. The van der Waals surface area contributed by atoms with Crippen molar-refractivity contribution in [2.75, 3.05) is 19.6 Å². The Morgan fingerprint density at radius 3 is 2.27 bits per heavy atom. The summed E-state index contributed by atoms with van der Waals surface area (Å²) in [5.41, 5.74) is 2.48. The third-order valence-corrected chi connectivity index (χ3v) is 4.81. The highest BCUT2D eigenvalue weighted by Crippen LogP contribution is 2.18. The summed E-state index contributed by atoms with van der Waals surface area (Å²) in [6, 6.07) is 8.65. The van der Waals surface area contributed by atoms with Crippen molar-refractivity contribution in [3.63, 3.8) is 0 Å². The molecule has 1 heterocycles. The molecule has 1 fully saturated rings. The lowest BCUT2D eigenvalue weighted by atomic mass is 10.0. The Morgan fingerprint density at radius 2 is 1.64 bits per heavy atom. The first-order valence-electron chi connectivity index (χ1n) is 9.29. The van der Waals surface area contributed by atoms with E-state index >= 15 is 0 Å². The monoisotopic (exact) mass is 303 g/mol. The number of nitrogens with zero attached hydrogens (tertiary/aromatic N) is 1. The van der Waals surface area contributed by atoms with E-state index in [-0.39, 0.29) is 6.10 Å². The number of unbranched alkanes of at least 4 members (excludes halogenated alkanes) is 3. The van der Waals surface area contributed by atoms with Crippen molar-refractivity contribution in [2.24, 2.45) is 0 Å². The molecule has 0 bridgehead atoms. The highest BCUT2D eigenvalue weighted by atomic mass is 16.3. The summed E-state index contributed by atoms with van der Waals surface area (Å²) in [4.78, 5) is 2.43. The molecule has 0 saturated carbocycles. The lowest BCUT2D eigenvalue weighted by molar-refractivity contribution is 0.115. The number of rotatable bonds is 8. The number of hydrogen-bond donors (Lipinski definition) is 1. The van der Waals surface area contributed by atoms with Gasteiger partial charge in [-0.15, -0.1) is 0 Å². The highest BCUT2D eigenvalue weighted by molar-refractivity contribution is 5.24. The van der Waals surface area contributed by atoms with Crippen LogP contribution in [0.15, 0.2) is 24.3 Å². The fraction of sp³-hybridized carbons (Fsp3) is 0.700. The van der Waals surface area contributed by atoms with E-state index in [0.29, 0.717) is 0 Å². The number of benzene rings is 1. The van der Waals surface area contributed by atoms with Crippen LogP contribution in [0.5, 0.6) is 0 Å². The maximum Gasteiger partial charge on any atom is 0.0916 e. The van der Waals surface area contributed by atoms with Crippen LogP contribution in [0.1, 0.15) is 75.5 Å². The fourth-order valence-electron chi connectivity index (χ4n) is 3.33. The van der Waals surface area contributed by atoms with Gasteiger partial charge in [-0.05, 0) is 49.9 Å². The fourth-order valence-corrected chi connectivity index (χ4v) is 3.33. The molecule has 0 amide bonds. The Morgan fingerprint density at radius 1 is 0.955 bits per heavy atom. The lowest BCUT2D eigenvalue weighted by Crippen LogP contribution is -2.29. The van der Waals surface area contributed by atoms with E-state index in [1.54, 1.807) is 0 Å². The maximum absolute atomic E-state index is 10.5. The van der Waals surface area contributed by atoms with Crippen molar-refractivity contribution in [3.05, 3.63) is 35.4 Å². The van der Waals surface area contributed by atoms with Crippen molar-refractivity contribution >= 4 is 0 Å². The molecule has 0 spiro atoms. The maximum atomic E-state index is 10.5. The van der Waals surface area contributed by atoms with E-state index in [4.69, 9.17) is 0 Å². The van der Waals surface area contributed by atoms with Crippen LogP contribution < -0.4 is 0 Å². The Labute approximate surface area is 136 Å². The molecule has 0 aliphatic carbocycles. The molecular formula is C20H33NO. The van der Waals surface area contributed by atoms with Gasteiger partial charge in [0, 0.05) is 6.54 Å². The molecule has 1 saturated heterocycles. The second-order valence-electron chi connectivity index (χ2n) is 6.78. The van der Waals surface area contributed by atoms with Gasteiger partial charge in [-0.25, -0.2) is 0 Å². The summed E-state index contributed by atoms with van der Waals surface area (Å²) in [5, 5.41) is 10.5. The number of aryl methyl sites for hydroxylation is 1. The topological polar surface area (TPSA) is 23.5 Å². The predicted octanol–water partition coefficient (Wildman–Crippen LogP) is 4.72. The Hall–Kier alpha value is -0.860. The molecule has 1 aromatic carbocycles. The van der Waals surface area contributed by atoms with E-state index < -0.39 is 0 Å². The van der Waals surface area contributed by atoms with Crippen molar-refractivity contribution < 1.29 is 5.11 Å². The van der Waals surface area contributed by atoms with E-state index in [0.717, 1.165) is 25.2 Å². The van der Waals surface area contributed by atoms with Gasteiger partial charge in [-0.2, -0.15) is 0 Å². The molecule has 1 unspecified atom stereocenters. The molecule has 2 heteroatoms. The molecule has 2 nitrogen and oxygen atoms in total. The van der Waals surface area contributed by atoms with Gasteiger partial charge in [-0.3, -0.25) is 0 Å². The van der Waals surface area contributed by atoms with Crippen LogP contribution in [-0.4, -0.2) is 29.6 Å². The van der Waals surface area contributed by atoms with Crippen LogP contribution in [0.3, 0.4) is 0 Å². The SMILES string of the molecule is CCCCCCc1ccc(C(O)CN2CCCCCC2)cc1. The van der Waals surface area contributed by atoms with Crippen LogP contribution in [0, 0.1) is 0 Å². The average Bonchev–Trinajstić information content (AvgIpc) is 2.81. The van der Waals surface area contributed by atoms with Crippen molar-refractivity contribution in [2.45, 2.75) is 70.8 Å². The minimum absolute atomic E-state index is 0.341. The van der Waals surface area contributed by atoms with Crippen molar-refractivity contribution in [1.82, 2.24) is 4.90 Å². The standard InChI is InChI=1S/C20H33NO/c1-2-3-4-7-10-18-11-13-19(14-12-18)20(22)17-21-15-8-5-6-9-16-21/h11-14,20,22H,2-10,15-17H2,1H3. The third-order valence-electron chi connectivity index (χ3n) is 4.81. The molecule has 1 N–H and O–H groups in total. The molecule has 0 aromatic heterocycles. The number of hydrogen-bond acceptors (Lipinski definition) is 2. The Bertz CT molecular complexity index is 393. The predicted molar refractivity (Wildman–Crippen MR) is 94.2 cm³/mol. The van der Waals surface area contributed by atoms with Gasteiger partial charge in [0.25, 0.3) is 0 Å². The van der Waals surface area contributed by atoms with Gasteiger partial charge >= 0.3 is 0 Å². The van der Waals surface area contributed by atoms with E-state index in [9.17, 15) is 5.11 Å². The van der Waals surface area contributed by atoms with Crippen LogP contribution >= 0.6 is 0 Å².